The van der Waals surface area contributed by atoms with E-state index in [0.29, 0.717) is 20.6 Å². The molecule has 5 nitrogen and oxygen atoms in total. The van der Waals surface area contributed by atoms with Crippen LogP contribution in [0.3, 0.4) is 0 Å². The quantitative estimate of drug-likeness (QED) is 0.851. The number of sulfone groups is 1. The van der Waals surface area contributed by atoms with Crippen LogP contribution in [0.4, 0.5) is 0 Å². The van der Waals surface area contributed by atoms with Gasteiger partial charge in [0.05, 0.1) is 28.3 Å². The van der Waals surface area contributed by atoms with Crippen molar-refractivity contribution in [2.24, 2.45) is 0 Å². The van der Waals surface area contributed by atoms with Crippen LogP contribution in [0, 0.1) is 0 Å². The lowest BCUT2D eigenvalue weighted by atomic mass is 10.2. The first-order valence-electron chi connectivity index (χ1n) is 6.93. The number of amides is 1. The zero-order valence-electron chi connectivity index (χ0n) is 12.2. The number of halogens is 2. The standard InChI is InChI=1S/C15H12Cl2N2O3S2/c16-11-2-1-3-12(17)14(11)15-18-7-10(23-15)6-13(20)19-9-4-5-24(21,22)8-9/h1-5,7,9H,6,8H2,(H,19,20)/t9-/m0/s1. The second-order valence-corrected chi connectivity index (χ2v) is 9.10. The molecular weight excluding hydrogens is 391 g/mol. The first-order valence-corrected chi connectivity index (χ1v) is 10.2. The van der Waals surface area contributed by atoms with E-state index in [1.54, 1.807) is 24.4 Å². The van der Waals surface area contributed by atoms with Crippen molar-refractivity contribution in [3.05, 3.63) is 50.8 Å². The molecule has 3 rings (SSSR count). The predicted octanol–water partition coefficient (Wildman–Crippen LogP) is 3.09. The highest BCUT2D eigenvalue weighted by Crippen LogP contribution is 2.36. The van der Waals surface area contributed by atoms with E-state index < -0.39 is 15.9 Å². The van der Waals surface area contributed by atoms with Crippen molar-refractivity contribution in [1.29, 1.82) is 0 Å². The summed E-state index contributed by atoms with van der Waals surface area (Å²) < 4.78 is 22.7. The summed E-state index contributed by atoms with van der Waals surface area (Å²) in [5, 5.41) is 5.43. The molecule has 2 heterocycles. The van der Waals surface area contributed by atoms with Crippen molar-refractivity contribution in [3.63, 3.8) is 0 Å². The maximum atomic E-state index is 12.0. The van der Waals surface area contributed by atoms with Gasteiger partial charge in [-0.05, 0) is 18.2 Å². The zero-order valence-corrected chi connectivity index (χ0v) is 15.3. The number of benzene rings is 1. The number of rotatable bonds is 4. The molecular formula is C15H12Cl2N2O3S2. The van der Waals surface area contributed by atoms with Crippen molar-refractivity contribution in [2.75, 3.05) is 5.75 Å². The van der Waals surface area contributed by atoms with Crippen LogP contribution in [-0.4, -0.2) is 31.1 Å². The van der Waals surface area contributed by atoms with Crippen molar-refractivity contribution in [3.8, 4) is 10.6 Å². The monoisotopic (exact) mass is 402 g/mol. The summed E-state index contributed by atoms with van der Waals surface area (Å²) in [5.74, 6) is -0.357. The SMILES string of the molecule is O=C(Cc1cnc(-c2c(Cl)cccc2Cl)s1)N[C@H]1C=CS(=O)(=O)C1. The molecule has 126 valence electrons. The van der Waals surface area contributed by atoms with Crippen LogP contribution in [0.1, 0.15) is 4.88 Å². The maximum Gasteiger partial charge on any atom is 0.225 e. The number of hydrogen-bond acceptors (Lipinski definition) is 5. The molecule has 1 aliphatic rings. The number of carbonyl (C=O) groups excluding carboxylic acids is 1. The van der Waals surface area contributed by atoms with E-state index >= 15 is 0 Å². The van der Waals surface area contributed by atoms with E-state index in [1.807, 2.05) is 0 Å². The molecule has 24 heavy (non-hydrogen) atoms. The van der Waals surface area contributed by atoms with E-state index in [-0.39, 0.29) is 18.1 Å². The van der Waals surface area contributed by atoms with Gasteiger partial charge in [-0.2, -0.15) is 0 Å². The highest BCUT2D eigenvalue weighted by atomic mass is 35.5. The number of carbonyl (C=O) groups is 1. The first kappa shape index (κ1) is 17.4. The minimum atomic E-state index is -3.19. The van der Waals surface area contributed by atoms with Gasteiger partial charge in [0.2, 0.25) is 5.91 Å². The van der Waals surface area contributed by atoms with Crippen molar-refractivity contribution in [1.82, 2.24) is 10.3 Å². The number of thiazole rings is 1. The third-order valence-electron chi connectivity index (χ3n) is 3.34. The van der Waals surface area contributed by atoms with Gasteiger partial charge in [0.1, 0.15) is 5.01 Å². The van der Waals surface area contributed by atoms with Crippen LogP contribution in [-0.2, 0) is 21.1 Å². The molecule has 0 saturated carbocycles. The van der Waals surface area contributed by atoms with E-state index in [9.17, 15) is 13.2 Å². The fourth-order valence-corrected chi connectivity index (χ4v) is 5.20. The minimum absolute atomic E-state index is 0.0953. The molecule has 1 aromatic heterocycles. The van der Waals surface area contributed by atoms with Gasteiger partial charge in [-0.15, -0.1) is 11.3 Å². The molecule has 1 aromatic carbocycles. The van der Waals surface area contributed by atoms with Gasteiger partial charge in [-0.3, -0.25) is 4.79 Å². The Morgan fingerprint density at radius 1 is 1.33 bits per heavy atom. The number of nitrogens with one attached hydrogen (secondary N) is 1. The molecule has 1 aliphatic heterocycles. The van der Waals surface area contributed by atoms with Crippen LogP contribution in [0.25, 0.3) is 10.6 Å². The molecule has 0 saturated heterocycles. The van der Waals surface area contributed by atoms with Crippen molar-refractivity contribution >= 4 is 50.3 Å². The predicted molar refractivity (Wildman–Crippen MR) is 96.1 cm³/mol. The molecule has 0 spiro atoms. The Labute approximate surface area is 153 Å². The summed E-state index contributed by atoms with van der Waals surface area (Å²) >= 11 is 13.6. The fraction of sp³-hybridized carbons (Fsp3) is 0.200. The summed E-state index contributed by atoms with van der Waals surface area (Å²) in [4.78, 5) is 17.1. The molecule has 0 radical (unpaired) electrons. The average molecular weight is 403 g/mol. The molecule has 0 aliphatic carbocycles. The molecule has 9 heteroatoms. The third kappa shape index (κ3) is 3.97. The normalized spacial score (nSPS) is 18.7. The lowest BCUT2D eigenvalue weighted by Gasteiger charge is -2.08. The van der Waals surface area contributed by atoms with Gasteiger partial charge in [0.15, 0.2) is 9.84 Å². The summed E-state index contributed by atoms with van der Waals surface area (Å²) in [6.45, 7) is 0. The van der Waals surface area contributed by atoms with E-state index in [0.717, 1.165) is 10.3 Å². The Balaban J connectivity index is 1.68. The lowest BCUT2D eigenvalue weighted by Crippen LogP contribution is -2.36. The first-order chi connectivity index (χ1) is 11.3. The summed E-state index contributed by atoms with van der Waals surface area (Å²) in [6.07, 6.45) is 3.19. The second kappa shape index (κ2) is 6.84. The second-order valence-electron chi connectivity index (χ2n) is 5.24. The molecule has 2 aromatic rings. The van der Waals surface area contributed by atoms with Crippen LogP contribution in [0.5, 0.6) is 0 Å². The molecule has 0 unspecified atom stereocenters. The Hall–Kier alpha value is -1.41. The van der Waals surface area contributed by atoms with E-state index in [1.165, 1.54) is 17.4 Å². The summed E-state index contributed by atoms with van der Waals surface area (Å²) in [7, 11) is -3.19. The Bertz CT molecular complexity index is 902. The Kier molecular flexibility index (Phi) is 4.96. The Morgan fingerprint density at radius 2 is 2.04 bits per heavy atom. The number of hydrogen-bond donors (Lipinski definition) is 1. The van der Waals surface area contributed by atoms with Crippen LogP contribution < -0.4 is 5.32 Å². The van der Waals surface area contributed by atoms with Gasteiger partial charge >= 0.3 is 0 Å². The van der Waals surface area contributed by atoms with Crippen molar-refractivity contribution < 1.29 is 13.2 Å². The lowest BCUT2D eigenvalue weighted by molar-refractivity contribution is -0.120. The van der Waals surface area contributed by atoms with Crippen LogP contribution >= 0.6 is 34.5 Å². The van der Waals surface area contributed by atoms with E-state index in [4.69, 9.17) is 23.2 Å². The van der Waals surface area contributed by atoms with Crippen LogP contribution in [0.15, 0.2) is 35.9 Å². The van der Waals surface area contributed by atoms with Gasteiger partial charge in [-0.1, -0.05) is 29.3 Å². The molecule has 1 amide bonds. The maximum absolute atomic E-state index is 12.0. The minimum Gasteiger partial charge on any atom is -0.349 e. The number of nitrogens with zero attached hydrogens (tertiary/aromatic N) is 1. The molecule has 1 N–H and O–H groups in total. The van der Waals surface area contributed by atoms with Crippen molar-refractivity contribution in [2.45, 2.75) is 12.5 Å². The Morgan fingerprint density at radius 3 is 2.67 bits per heavy atom. The van der Waals surface area contributed by atoms with Gasteiger partial charge in [0.25, 0.3) is 0 Å². The highest BCUT2D eigenvalue weighted by Gasteiger charge is 2.23. The van der Waals surface area contributed by atoms with Gasteiger partial charge < -0.3 is 5.32 Å². The summed E-state index contributed by atoms with van der Waals surface area (Å²) in [6, 6.07) is 4.72. The van der Waals surface area contributed by atoms with Crippen LogP contribution in [0.2, 0.25) is 10.0 Å². The van der Waals surface area contributed by atoms with Gasteiger partial charge in [-0.25, -0.2) is 13.4 Å². The largest absolute Gasteiger partial charge is 0.349 e. The topological polar surface area (TPSA) is 76.1 Å². The summed E-state index contributed by atoms with van der Waals surface area (Å²) in [5.41, 5.74) is 0.641. The zero-order chi connectivity index (χ0) is 17.3. The smallest absolute Gasteiger partial charge is 0.225 e. The average Bonchev–Trinajstić information content (AvgIpc) is 3.05. The van der Waals surface area contributed by atoms with Gasteiger partial charge in [0, 0.05) is 22.0 Å². The third-order valence-corrected chi connectivity index (χ3v) is 6.38. The molecule has 1 atom stereocenters. The highest BCUT2D eigenvalue weighted by molar-refractivity contribution is 7.94. The fourth-order valence-electron chi connectivity index (χ4n) is 2.29. The molecule has 0 bridgehead atoms. The van der Waals surface area contributed by atoms with E-state index in [2.05, 4.69) is 10.3 Å². The molecule has 0 fully saturated rings. The number of aromatic nitrogens is 1.